The molecule has 7 rings (SSSR count). The van der Waals surface area contributed by atoms with Gasteiger partial charge in [0.2, 0.25) is 0 Å². The molecule has 2 fully saturated rings. The maximum Gasteiger partial charge on any atom is 0.251 e. The minimum atomic E-state index is -1.18. The monoisotopic (exact) mass is 596 g/mol. The zero-order valence-corrected chi connectivity index (χ0v) is 22.2. The summed E-state index contributed by atoms with van der Waals surface area (Å²) in [5.74, 6) is -1.46. The van der Waals surface area contributed by atoms with Crippen LogP contribution in [0.25, 0.3) is 21.5 Å². The molecule has 35 heavy (non-hydrogen) atoms. The molecular formula is C28H22Br2O5. The molecule has 3 aliphatic heterocycles. The fourth-order valence-electron chi connectivity index (χ4n) is 6.01. The number of ether oxygens (including phenoxy) is 4. The van der Waals surface area contributed by atoms with Gasteiger partial charge in [-0.1, -0.05) is 56.1 Å². The first-order valence-corrected chi connectivity index (χ1v) is 13.2. The molecule has 0 saturated carbocycles. The molecule has 0 amide bonds. The number of hydrogen-bond acceptors (Lipinski definition) is 5. The van der Waals surface area contributed by atoms with Gasteiger partial charge in [-0.05, 0) is 71.8 Å². The van der Waals surface area contributed by atoms with Gasteiger partial charge in [0.25, 0.3) is 5.79 Å². The Balaban J connectivity index is 1.55. The summed E-state index contributed by atoms with van der Waals surface area (Å²) in [6.45, 7) is 4.17. The van der Waals surface area contributed by atoms with Gasteiger partial charge in [-0.15, -0.1) is 0 Å². The topological polar surface area (TPSA) is 57.2 Å². The summed E-state index contributed by atoms with van der Waals surface area (Å²) in [5.41, 5.74) is 1.74. The van der Waals surface area contributed by atoms with Crippen LogP contribution in [0.1, 0.15) is 30.9 Å². The van der Waals surface area contributed by atoms with Crippen LogP contribution in [0.15, 0.2) is 69.6 Å². The van der Waals surface area contributed by atoms with Gasteiger partial charge < -0.3 is 24.1 Å². The van der Waals surface area contributed by atoms with Crippen molar-refractivity contribution in [2.45, 2.75) is 43.5 Å². The molecule has 3 heterocycles. The SMILES string of the molecule is CC1(C)O[C@@H]2[C@@H](CO[C@]23Oc2ccc4cc(Br)ccc4c2[C@@H]3c2c(O)ccc3cc(Br)ccc23)O1. The molecule has 1 N–H and O–H groups in total. The smallest absolute Gasteiger partial charge is 0.251 e. The minimum absolute atomic E-state index is 0.194. The van der Waals surface area contributed by atoms with E-state index in [1.807, 2.05) is 44.2 Å². The largest absolute Gasteiger partial charge is 0.508 e. The van der Waals surface area contributed by atoms with Crippen LogP contribution >= 0.6 is 31.9 Å². The third kappa shape index (κ3) is 3.15. The number of benzene rings is 4. The number of aromatic hydroxyl groups is 1. The van der Waals surface area contributed by atoms with Crippen molar-refractivity contribution in [1.29, 1.82) is 0 Å². The maximum atomic E-state index is 11.4. The summed E-state index contributed by atoms with van der Waals surface area (Å²) in [7, 11) is 0. The molecule has 0 bridgehead atoms. The number of phenols is 1. The molecule has 3 aliphatic rings. The molecule has 1 spiro atoms. The Hall–Kier alpha value is -2.16. The van der Waals surface area contributed by atoms with Crippen LogP contribution in [0.5, 0.6) is 11.5 Å². The first kappa shape index (κ1) is 22.1. The molecule has 5 nitrogen and oxygen atoms in total. The second kappa shape index (κ2) is 7.43. The van der Waals surface area contributed by atoms with Crippen molar-refractivity contribution in [2.75, 3.05) is 6.61 Å². The molecule has 4 aromatic rings. The van der Waals surface area contributed by atoms with Gasteiger partial charge >= 0.3 is 0 Å². The van der Waals surface area contributed by atoms with E-state index in [2.05, 4.69) is 56.1 Å². The normalized spacial score (nSPS) is 28.5. The van der Waals surface area contributed by atoms with Gasteiger partial charge in [-0.3, -0.25) is 0 Å². The van der Waals surface area contributed by atoms with Crippen molar-refractivity contribution in [3.63, 3.8) is 0 Å². The fourth-order valence-corrected chi connectivity index (χ4v) is 6.77. The van der Waals surface area contributed by atoms with E-state index in [-0.39, 0.29) is 11.9 Å². The summed E-state index contributed by atoms with van der Waals surface area (Å²) < 4.78 is 27.8. The molecule has 0 aliphatic carbocycles. The van der Waals surface area contributed by atoms with Crippen molar-refractivity contribution in [2.24, 2.45) is 0 Å². The predicted octanol–water partition coefficient (Wildman–Crippen LogP) is 6.99. The summed E-state index contributed by atoms with van der Waals surface area (Å²) >= 11 is 7.18. The quantitative estimate of drug-likeness (QED) is 0.256. The van der Waals surface area contributed by atoms with Crippen LogP contribution in [-0.4, -0.2) is 35.5 Å². The van der Waals surface area contributed by atoms with Gasteiger partial charge in [0.05, 0.1) is 12.5 Å². The molecule has 178 valence electrons. The van der Waals surface area contributed by atoms with E-state index in [0.29, 0.717) is 6.61 Å². The standard InChI is InChI=1S/C28H22Br2O5/c1-27(2)33-22-13-32-28(26(22)35-27)25(23-18-7-5-16(29)11-14(18)3-9-20(23)31)24-19-8-6-17(30)12-15(19)4-10-21(24)34-28/h3-12,22,25-26,31H,13H2,1-2H3/t22-,25+,26-,28-/m1/s1. The van der Waals surface area contributed by atoms with Crippen LogP contribution in [0, 0.1) is 0 Å². The Bertz CT molecular complexity index is 1530. The van der Waals surface area contributed by atoms with Crippen molar-refractivity contribution in [3.05, 3.63) is 80.7 Å². The van der Waals surface area contributed by atoms with E-state index in [9.17, 15) is 5.11 Å². The van der Waals surface area contributed by atoms with Gasteiger partial charge in [0.15, 0.2) is 11.9 Å². The van der Waals surface area contributed by atoms with Crippen molar-refractivity contribution >= 4 is 53.4 Å². The van der Waals surface area contributed by atoms with E-state index in [0.717, 1.165) is 47.4 Å². The van der Waals surface area contributed by atoms with Crippen LogP contribution in [0.4, 0.5) is 0 Å². The molecule has 2 saturated heterocycles. The number of fused-ring (bicyclic) bond motifs is 6. The second-order valence-corrected chi connectivity index (χ2v) is 11.7. The summed E-state index contributed by atoms with van der Waals surface area (Å²) in [5, 5.41) is 15.4. The number of halogens is 2. The number of rotatable bonds is 1. The summed E-state index contributed by atoms with van der Waals surface area (Å²) in [4.78, 5) is 0. The molecule has 0 radical (unpaired) electrons. The lowest BCUT2D eigenvalue weighted by Crippen LogP contribution is -2.50. The average Bonchev–Trinajstić information content (AvgIpc) is 3.42. The molecule has 0 unspecified atom stereocenters. The van der Waals surface area contributed by atoms with Gasteiger partial charge in [0.1, 0.15) is 17.6 Å². The number of phenolic OH excluding ortho intramolecular Hbond substituents is 1. The first-order chi connectivity index (χ1) is 16.8. The fraction of sp³-hybridized carbons (Fsp3) is 0.286. The van der Waals surface area contributed by atoms with Crippen LogP contribution in [-0.2, 0) is 14.2 Å². The first-order valence-electron chi connectivity index (χ1n) is 11.6. The van der Waals surface area contributed by atoms with Gasteiger partial charge in [-0.2, -0.15) is 0 Å². The van der Waals surface area contributed by atoms with Crippen molar-refractivity contribution in [1.82, 2.24) is 0 Å². The Morgan fingerprint density at radius 2 is 1.49 bits per heavy atom. The molecule has 4 aromatic carbocycles. The zero-order chi connectivity index (χ0) is 24.1. The lowest BCUT2D eigenvalue weighted by Gasteiger charge is -2.35. The highest BCUT2D eigenvalue weighted by atomic mass is 79.9. The Morgan fingerprint density at radius 1 is 0.829 bits per heavy atom. The zero-order valence-electron chi connectivity index (χ0n) is 19.0. The van der Waals surface area contributed by atoms with Crippen LogP contribution in [0.2, 0.25) is 0 Å². The Kier molecular flexibility index (Phi) is 4.69. The highest BCUT2D eigenvalue weighted by Gasteiger charge is 2.68. The van der Waals surface area contributed by atoms with E-state index >= 15 is 0 Å². The van der Waals surface area contributed by atoms with E-state index < -0.39 is 23.6 Å². The van der Waals surface area contributed by atoms with Crippen LogP contribution < -0.4 is 4.74 Å². The highest BCUT2D eigenvalue weighted by molar-refractivity contribution is 9.10. The molecule has 7 heteroatoms. The Labute approximate surface area is 219 Å². The highest BCUT2D eigenvalue weighted by Crippen LogP contribution is 2.60. The minimum Gasteiger partial charge on any atom is -0.508 e. The lowest BCUT2D eigenvalue weighted by atomic mass is 9.79. The second-order valence-electron chi connectivity index (χ2n) is 9.87. The summed E-state index contributed by atoms with van der Waals surface area (Å²) in [6, 6.07) is 20.0. The lowest BCUT2D eigenvalue weighted by molar-refractivity contribution is -0.245. The number of hydrogen-bond donors (Lipinski definition) is 1. The average molecular weight is 598 g/mol. The summed E-state index contributed by atoms with van der Waals surface area (Å²) in [6.07, 6.45) is -0.737. The predicted molar refractivity (Wildman–Crippen MR) is 140 cm³/mol. The van der Waals surface area contributed by atoms with E-state index in [4.69, 9.17) is 18.9 Å². The Morgan fingerprint density at radius 3 is 2.20 bits per heavy atom. The van der Waals surface area contributed by atoms with Crippen LogP contribution in [0.3, 0.4) is 0 Å². The maximum absolute atomic E-state index is 11.4. The molecule has 4 atom stereocenters. The third-order valence-corrected chi connectivity index (χ3v) is 8.27. The van der Waals surface area contributed by atoms with Gasteiger partial charge in [0, 0.05) is 20.1 Å². The third-order valence-electron chi connectivity index (χ3n) is 7.29. The van der Waals surface area contributed by atoms with E-state index in [1.54, 1.807) is 6.07 Å². The van der Waals surface area contributed by atoms with Gasteiger partial charge in [-0.25, -0.2) is 0 Å². The molecular weight excluding hydrogens is 576 g/mol. The molecule has 0 aromatic heterocycles. The van der Waals surface area contributed by atoms with E-state index in [1.165, 1.54) is 0 Å². The van der Waals surface area contributed by atoms with Crippen molar-refractivity contribution < 1.29 is 24.1 Å². The van der Waals surface area contributed by atoms with Crippen molar-refractivity contribution in [3.8, 4) is 11.5 Å².